The molecule has 1 N–H and O–H groups in total. The Morgan fingerprint density at radius 3 is 2.07 bits per heavy atom. The minimum Gasteiger partial charge on any atom is -0.373 e. The Morgan fingerprint density at radius 1 is 1.00 bits per heavy atom. The van der Waals surface area contributed by atoms with Crippen LogP contribution in [0, 0.1) is 13.8 Å². The number of carbonyl (C=O) groups is 1. The standard InChI is InChI=1S/C21H26N2O4S/c1-14-6-5-7-15(2)20(14)22-21(24)18-8-10-19(11-9-18)28(25,26)23-12-16(3)27-17(4)13-23/h5-11,16-17H,12-13H2,1-4H3,(H,22,24). The van der Waals surface area contributed by atoms with E-state index in [1.165, 1.54) is 16.4 Å². The van der Waals surface area contributed by atoms with E-state index >= 15 is 0 Å². The molecular weight excluding hydrogens is 376 g/mol. The number of sulfonamides is 1. The Hall–Kier alpha value is -2.22. The lowest BCUT2D eigenvalue weighted by atomic mass is 10.1. The number of benzene rings is 2. The third kappa shape index (κ3) is 4.27. The van der Waals surface area contributed by atoms with Gasteiger partial charge in [-0.25, -0.2) is 8.42 Å². The monoisotopic (exact) mass is 402 g/mol. The van der Waals surface area contributed by atoms with Crippen LogP contribution in [0.2, 0.25) is 0 Å². The van der Waals surface area contributed by atoms with Gasteiger partial charge in [0.15, 0.2) is 0 Å². The maximum absolute atomic E-state index is 12.9. The number of nitrogens with zero attached hydrogens (tertiary/aromatic N) is 1. The van der Waals surface area contributed by atoms with E-state index in [1.54, 1.807) is 12.1 Å². The molecule has 150 valence electrons. The van der Waals surface area contributed by atoms with E-state index < -0.39 is 10.0 Å². The molecule has 1 fully saturated rings. The molecule has 3 rings (SSSR count). The summed E-state index contributed by atoms with van der Waals surface area (Å²) in [5.74, 6) is -0.269. The lowest BCUT2D eigenvalue weighted by Gasteiger charge is -2.34. The molecule has 2 aromatic carbocycles. The highest BCUT2D eigenvalue weighted by molar-refractivity contribution is 7.89. The van der Waals surface area contributed by atoms with E-state index in [0.29, 0.717) is 18.7 Å². The summed E-state index contributed by atoms with van der Waals surface area (Å²) in [5.41, 5.74) is 3.14. The highest BCUT2D eigenvalue weighted by atomic mass is 32.2. The van der Waals surface area contributed by atoms with Gasteiger partial charge in [0.1, 0.15) is 0 Å². The summed E-state index contributed by atoms with van der Waals surface area (Å²) in [6.45, 7) is 8.23. The number of aryl methyl sites for hydroxylation is 2. The second-order valence-corrected chi connectivity index (χ2v) is 9.26. The van der Waals surface area contributed by atoms with E-state index in [2.05, 4.69) is 5.32 Å². The normalized spacial score (nSPS) is 20.7. The first-order valence-corrected chi connectivity index (χ1v) is 10.8. The van der Waals surface area contributed by atoms with Gasteiger partial charge < -0.3 is 10.1 Å². The molecule has 28 heavy (non-hydrogen) atoms. The molecule has 2 aromatic rings. The van der Waals surface area contributed by atoms with Crippen molar-refractivity contribution in [2.24, 2.45) is 0 Å². The van der Waals surface area contributed by atoms with E-state index in [0.717, 1.165) is 16.8 Å². The highest BCUT2D eigenvalue weighted by Crippen LogP contribution is 2.23. The van der Waals surface area contributed by atoms with Gasteiger partial charge in [0.2, 0.25) is 10.0 Å². The Morgan fingerprint density at radius 2 is 1.54 bits per heavy atom. The Kier molecular flexibility index (Phi) is 5.88. The first-order chi connectivity index (χ1) is 13.2. The SMILES string of the molecule is Cc1cccc(C)c1NC(=O)c1ccc(S(=O)(=O)N2CC(C)OC(C)C2)cc1. The van der Waals surface area contributed by atoms with Crippen molar-refractivity contribution in [2.75, 3.05) is 18.4 Å². The van der Waals surface area contributed by atoms with E-state index in [-0.39, 0.29) is 23.0 Å². The molecule has 0 bridgehead atoms. The van der Waals surface area contributed by atoms with Gasteiger partial charge in [-0.2, -0.15) is 4.31 Å². The fraction of sp³-hybridized carbons (Fsp3) is 0.381. The van der Waals surface area contributed by atoms with Gasteiger partial charge in [-0.15, -0.1) is 0 Å². The quantitative estimate of drug-likeness (QED) is 0.851. The minimum absolute atomic E-state index is 0.152. The number of nitrogens with one attached hydrogen (secondary N) is 1. The molecule has 1 aliphatic rings. The number of hydrogen-bond acceptors (Lipinski definition) is 4. The van der Waals surface area contributed by atoms with Crippen LogP contribution in [0.1, 0.15) is 35.3 Å². The Labute approximate surface area is 166 Å². The molecule has 0 aliphatic carbocycles. The summed E-state index contributed by atoms with van der Waals surface area (Å²) in [7, 11) is -3.62. The number of morpholine rings is 1. The van der Waals surface area contributed by atoms with Gasteiger partial charge in [-0.1, -0.05) is 18.2 Å². The third-order valence-electron chi connectivity index (χ3n) is 4.86. The van der Waals surface area contributed by atoms with Crippen molar-refractivity contribution in [2.45, 2.75) is 44.8 Å². The summed E-state index contributed by atoms with van der Waals surface area (Å²) >= 11 is 0. The number of ether oxygens (including phenoxy) is 1. The fourth-order valence-corrected chi connectivity index (χ4v) is 5.04. The van der Waals surface area contributed by atoms with Crippen LogP contribution in [-0.4, -0.2) is 43.9 Å². The largest absolute Gasteiger partial charge is 0.373 e. The Balaban J connectivity index is 1.78. The first-order valence-electron chi connectivity index (χ1n) is 9.31. The molecule has 1 amide bonds. The summed E-state index contributed by atoms with van der Waals surface area (Å²) in [6.07, 6.45) is -0.304. The average Bonchev–Trinajstić information content (AvgIpc) is 2.64. The van der Waals surface area contributed by atoms with Crippen molar-refractivity contribution in [3.63, 3.8) is 0 Å². The van der Waals surface area contributed by atoms with E-state index in [4.69, 9.17) is 4.74 Å². The van der Waals surface area contributed by atoms with Crippen LogP contribution in [0.4, 0.5) is 5.69 Å². The number of hydrogen-bond donors (Lipinski definition) is 1. The Bertz CT molecular complexity index is 940. The van der Waals surface area contributed by atoms with Gasteiger partial charge in [0.05, 0.1) is 17.1 Å². The number of amides is 1. The van der Waals surface area contributed by atoms with E-state index in [9.17, 15) is 13.2 Å². The highest BCUT2D eigenvalue weighted by Gasteiger charge is 2.32. The van der Waals surface area contributed by atoms with Gasteiger partial charge in [0.25, 0.3) is 5.91 Å². The summed E-state index contributed by atoms with van der Waals surface area (Å²) < 4.78 is 32.9. The number of anilines is 1. The van der Waals surface area contributed by atoms with Crippen molar-refractivity contribution in [1.82, 2.24) is 4.31 Å². The predicted molar refractivity (Wildman–Crippen MR) is 109 cm³/mol. The number of carbonyl (C=O) groups excluding carboxylic acids is 1. The van der Waals surface area contributed by atoms with Crippen LogP contribution >= 0.6 is 0 Å². The maximum Gasteiger partial charge on any atom is 0.255 e. The van der Waals surface area contributed by atoms with Crippen molar-refractivity contribution in [1.29, 1.82) is 0 Å². The third-order valence-corrected chi connectivity index (χ3v) is 6.71. The molecule has 2 atom stereocenters. The zero-order chi connectivity index (χ0) is 20.5. The average molecular weight is 403 g/mol. The van der Waals surface area contributed by atoms with Gasteiger partial charge in [-0.05, 0) is 63.1 Å². The van der Waals surface area contributed by atoms with Crippen LogP contribution in [-0.2, 0) is 14.8 Å². The minimum atomic E-state index is -3.62. The van der Waals surface area contributed by atoms with Crippen LogP contribution in [0.15, 0.2) is 47.4 Å². The van der Waals surface area contributed by atoms with Crippen molar-refractivity contribution in [3.8, 4) is 0 Å². The second-order valence-electron chi connectivity index (χ2n) is 7.32. The number of rotatable bonds is 4. The zero-order valence-corrected chi connectivity index (χ0v) is 17.4. The molecular formula is C21H26N2O4S. The van der Waals surface area contributed by atoms with Gasteiger partial charge in [-0.3, -0.25) is 4.79 Å². The van der Waals surface area contributed by atoms with Crippen LogP contribution in [0.3, 0.4) is 0 Å². The molecule has 0 saturated carbocycles. The molecule has 6 nitrogen and oxygen atoms in total. The van der Waals surface area contributed by atoms with Crippen molar-refractivity contribution < 1.29 is 17.9 Å². The number of para-hydroxylation sites is 1. The molecule has 2 unspecified atom stereocenters. The van der Waals surface area contributed by atoms with Crippen LogP contribution < -0.4 is 5.32 Å². The topological polar surface area (TPSA) is 75.7 Å². The van der Waals surface area contributed by atoms with Crippen LogP contribution in [0.5, 0.6) is 0 Å². The molecule has 1 heterocycles. The zero-order valence-electron chi connectivity index (χ0n) is 16.6. The molecule has 1 saturated heterocycles. The van der Waals surface area contributed by atoms with Crippen molar-refractivity contribution in [3.05, 3.63) is 59.2 Å². The summed E-state index contributed by atoms with van der Waals surface area (Å²) in [6, 6.07) is 11.9. The smallest absolute Gasteiger partial charge is 0.255 e. The predicted octanol–water partition coefficient (Wildman–Crippen LogP) is 3.35. The lowest BCUT2D eigenvalue weighted by Crippen LogP contribution is -2.48. The lowest BCUT2D eigenvalue weighted by molar-refractivity contribution is -0.0440. The van der Waals surface area contributed by atoms with Crippen LogP contribution in [0.25, 0.3) is 0 Å². The second kappa shape index (κ2) is 8.03. The van der Waals surface area contributed by atoms with Gasteiger partial charge >= 0.3 is 0 Å². The molecule has 0 spiro atoms. The molecule has 7 heteroatoms. The van der Waals surface area contributed by atoms with E-state index in [1.807, 2.05) is 45.9 Å². The first kappa shape index (κ1) is 20.5. The van der Waals surface area contributed by atoms with Crippen molar-refractivity contribution >= 4 is 21.6 Å². The molecule has 0 aromatic heterocycles. The molecule has 0 radical (unpaired) electrons. The fourth-order valence-electron chi connectivity index (χ4n) is 3.45. The summed E-state index contributed by atoms with van der Waals surface area (Å²) in [4.78, 5) is 12.8. The maximum atomic E-state index is 12.9. The van der Waals surface area contributed by atoms with Gasteiger partial charge in [0, 0.05) is 24.3 Å². The summed E-state index contributed by atoms with van der Waals surface area (Å²) in [5, 5.41) is 2.91. The molecule has 1 aliphatic heterocycles.